The highest BCUT2D eigenvalue weighted by Gasteiger charge is 2.09. The number of rotatable bonds is 7. The van der Waals surface area contributed by atoms with Crippen LogP contribution in [0, 0.1) is 0 Å². The van der Waals surface area contributed by atoms with Crippen molar-refractivity contribution in [3.63, 3.8) is 0 Å². The molecule has 13 heavy (non-hydrogen) atoms. The summed E-state index contributed by atoms with van der Waals surface area (Å²) in [4.78, 5) is 21.1. The molecule has 0 saturated carbocycles. The van der Waals surface area contributed by atoms with Crippen LogP contribution in [0.2, 0.25) is 0 Å². The summed E-state index contributed by atoms with van der Waals surface area (Å²) < 4.78 is 0. The molecule has 0 aromatic rings. The summed E-state index contributed by atoms with van der Waals surface area (Å²) >= 11 is 0. The van der Waals surface area contributed by atoms with Crippen molar-refractivity contribution < 1.29 is 14.7 Å². The van der Waals surface area contributed by atoms with Crippen LogP contribution in [0.1, 0.15) is 32.6 Å². The lowest BCUT2D eigenvalue weighted by molar-refractivity contribution is -0.126. The van der Waals surface area contributed by atoms with Crippen LogP contribution >= 0.6 is 0 Å². The zero-order valence-electron chi connectivity index (χ0n) is 7.95. The van der Waals surface area contributed by atoms with Gasteiger partial charge in [0.15, 0.2) is 0 Å². The van der Waals surface area contributed by atoms with Crippen molar-refractivity contribution >= 4 is 12.2 Å². The number of unbranched alkanes of at least 4 members (excludes halogenated alkanes) is 2. The second-order valence-corrected chi connectivity index (χ2v) is 2.96. The van der Waals surface area contributed by atoms with Gasteiger partial charge in [-0.2, -0.15) is 0 Å². The lowest BCUT2D eigenvalue weighted by Crippen LogP contribution is -2.37. The quantitative estimate of drug-likeness (QED) is 0.443. The summed E-state index contributed by atoms with van der Waals surface area (Å²) in [6.07, 6.45) is 4.43. The van der Waals surface area contributed by atoms with Crippen LogP contribution in [-0.4, -0.2) is 29.9 Å². The molecule has 0 aliphatic rings. The van der Waals surface area contributed by atoms with Gasteiger partial charge >= 0.3 is 0 Å². The Bertz CT molecular complexity index is 159. The Labute approximate surface area is 78.3 Å². The van der Waals surface area contributed by atoms with Gasteiger partial charge in [-0.1, -0.05) is 26.2 Å². The van der Waals surface area contributed by atoms with Crippen molar-refractivity contribution in [1.82, 2.24) is 5.32 Å². The second-order valence-electron chi connectivity index (χ2n) is 2.96. The molecule has 0 aliphatic carbocycles. The number of aliphatic hydroxyl groups excluding tert-OH is 1. The van der Waals surface area contributed by atoms with Crippen molar-refractivity contribution in [1.29, 1.82) is 0 Å². The number of nitrogens with one attached hydrogen (secondary N) is 1. The minimum atomic E-state index is -0.557. The van der Waals surface area contributed by atoms with Gasteiger partial charge in [0.1, 0.15) is 12.9 Å². The molecule has 1 unspecified atom stereocenters. The Morgan fingerprint density at radius 2 is 2.23 bits per heavy atom. The van der Waals surface area contributed by atoms with Crippen LogP contribution in [0.25, 0.3) is 0 Å². The van der Waals surface area contributed by atoms with Crippen LogP contribution in [0.5, 0.6) is 0 Å². The summed E-state index contributed by atoms with van der Waals surface area (Å²) in [7, 11) is 0. The monoisotopic (exact) mass is 187 g/mol. The minimum absolute atomic E-state index is 0.439. The highest BCUT2D eigenvalue weighted by atomic mass is 16.3. The first-order chi connectivity index (χ1) is 6.24. The third kappa shape index (κ3) is 6.28. The maximum atomic E-state index is 10.7. The number of carbonyl (C=O) groups excluding carboxylic acids is 2. The topological polar surface area (TPSA) is 66.4 Å². The highest BCUT2D eigenvalue weighted by molar-refractivity contribution is 5.80. The number of hydrogen-bond acceptors (Lipinski definition) is 3. The van der Waals surface area contributed by atoms with E-state index in [2.05, 4.69) is 12.2 Å². The van der Waals surface area contributed by atoms with Gasteiger partial charge in [0.2, 0.25) is 5.91 Å². The van der Waals surface area contributed by atoms with Crippen molar-refractivity contribution in [2.45, 2.75) is 38.6 Å². The fourth-order valence-corrected chi connectivity index (χ4v) is 1.04. The second kappa shape index (κ2) is 7.73. The fourth-order valence-electron chi connectivity index (χ4n) is 1.04. The van der Waals surface area contributed by atoms with Crippen molar-refractivity contribution in [2.24, 2.45) is 0 Å². The number of aliphatic hydroxyl groups is 1. The molecular formula is C9H17NO3. The van der Waals surface area contributed by atoms with E-state index in [0.29, 0.717) is 12.7 Å². The van der Waals surface area contributed by atoms with E-state index in [4.69, 9.17) is 5.11 Å². The number of hydrogen-bond donors (Lipinski definition) is 2. The minimum Gasteiger partial charge on any atom is -0.387 e. The van der Waals surface area contributed by atoms with Crippen LogP contribution in [-0.2, 0) is 9.59 Å². The molecule has 2 N–H and O–H groups in total. The summed E-state index contributed by atoms with van der Waals surface area (Å²) in [6, 6.07) is -0.439. The van der Waals surface area contributed by atoms with E-state index in [1.807, 2.05) is 0 Å². The molecule has 0 bridgehead atoms. The molecule has 0 radical (unpaired) electrons. The molecule has 0 rings (SSSR count). The lowest BCUT2D eigenvalue weighted by Gasteiger charge is -2.10. The Hall–Kier alpha value is -0.900. The first-order valence-corrected chi connectivity index (χ1v) is 4.60. The molecule has 4 nitrogen and oxygen atoms in total. The third-order valence-corrected chi connectivity index (χ3v) is 1.77. The van der Waals surface area contributed by atoms with Gasteiger partial charge in [-0.15, -0.1) is 0 Å². The summed E-state index contributed by atoms with van der Waals surface area (Å²) in [5, 5.41) is 10.8. The van der Waals surface area contributed by atoms with E-state index in [1.165, 1.54) is 0 Å². The summed E-state index contributed by atoms with van der Waals surface area (Å²) in [5.41, 5.74) is 0. The Morgan fingerprint density at radius 1 is 1.54 bits per heavy atom. The molecule has 0 aromatic heterocycles. The third-order valence-electron chi connectivity index (χ3n) is 1.77. The maximum absolute atomic E-state index is 10.7. The van der Waals surface area contributed by atoms with E-state index in [9.17, 15) is 9.59 Å². The number of aldehydes is 1. The molecular weight excluding hydrogens is 170 g/mol. The molecule has 0 saturated heterocycles. The average molecular weight is 187 g/mol. The van der Waals surface area contributed by atoms with E-state index < -0.39 is 18.6 Å². The van der Waals surface area contributed by atoms with Crippen molar-refractivity contribution in [2.75, 3.05) is 6.61 Å². The Morgan fingerprint density at radius 3 is 2.69 bits per heavy atom. The summed E-state index contributed by atoms with van der Waals surface area (Å²) in [6.45, 7) is 1.51. The van der Waals surface area contributed by atoms with E-state index in [0.717, 1.165) is 19.3 Å². The van der Waals surface area contributed by atoms with Gasteiger partial charge in [0.25, 0.3) is 0 Å². The van der Waals surface area contributed by atoms with E-state index >= 15 is 0 Å². The predicted molar refractivity (Wildman–Crippen MR) is 49.2 cm³/mol. The molecule has 0 spiro atoms. The van der Waals surface area contributed by atoms with E-state index in [-0.39, 0.29) is 0 Å². The molecule has 1 amide bonds. The van der Waals surface area contributed by atoms with Gasteiger partial charge < -0.3 is 15.2 Å². The molecule has 0 fully saturated rings. The largest absolute Gasteiger partial charge is 0.387 e. The zero-order valence-corrected chi connectivity index (χ0v) is 7.95. The molecule has 0 heterocycles. The van der Waals surface area contributed by atoms with Gasteiger partial charge in [-0.3, -0.25) is 4.79 Å². The van der Waals surface area contributed by atoms with Gasteiger partial charge in [-0.25, -0.2) is 0 Å². The van der Waals surface area contributed by atoms with Crippen LogP contribution in [0.15, 0.2) is 0 Å². The zero-order chi connectivity index (χ0) is 10.1. The highest BCUT2D eigenvalue weighted by Crippen LogP contribution is 2.01. The maximum Gasteiger partial charge on any atom is 0.246 e. The average Bonchev–Trinajstić information content (AvgIpc) is 2.16. The summed E-state index contributed by atoms with van der Waals surface area (Å²) in [5.74, 6) is -0.492. The smallest absolute Gasteiger partial charge is 0.246 e. The Balaban J connectivity index is 3.62. The molecule has 1 atom stereocenters. The van der Waals surface area contributed by atoms with Crippen molar-refractivity contribution in [3.8, 4) is 0 Å². The standard InChI is InChI=1S/C9H17NO3/c1-2-3-4-5-8(6-11)10-9(13)7-12/h6,8,12H,2-5,7H2,1H3,(H,10,13). The van der Waals surface area contributed by atoms with Gasteiger partial charge in [0, 0.05) is 0 Å². The number of amides is 1. The molecule has 4 heteroatoms. The normalized spacial score (nSPS) is 12.2. The first kappa shape index (κ1) is 12.1. The van der Waals surface area contributed by atoms with Crippen LogP contribution in [0.4, 0.5) is 0 Å². The predicted octanol–water partition coefficient (Wildman–Crippen LogP) is 0.243. The molecule has 0 aliphatic heterocycles. The lowest BCUT2D eigenvalue weighted by atomic mass is 10.1. The molecule has 0 aromatic carbocycles. The van der Waals surface area contributed by atoms with Crippen molar-refractivity contribution in [3.05, 3.63) is 0 Å². The van der Waals surface area contributed by atoms with Crippen LogP contribution in [0.3, 0.4) is 0 Å². The number of carbonyl (C=O) groups is 2. The first-order valence-electron chi connectivity index (χ1n) is 4.60. The van der Waals surface area contributed by atoms with E-state index in [1.54, 1.807) is 0 Å². The SMILES string of the molecule is CCCCCC(C=O)NC(=O)CO. The fraction of sp³-hybridized carbons (Fsp3) is 0.778. The van der Waals surface area contributed by atoms with Gasteiger partial charge in [-0.05, 0) is 6.42 Å². The Kier molecular flexibility index (Phi) is 7.20. The van der Waals surface area contributed by atoms with Crippen LogP contribution < -0.4 is 5.32 Å². The molecule has 76 valence electrons. The van der Waals surface area contributed by atoms with Gasteiger partial charge in [0.05, 0.1) is 6.04 Å².